The lowest BCUT2D eigenvalue weighted by atomic mass is 10.2. The molecular formula is C17H17N5O5S. The lowest BCUT2D eigenvalue weighted by molar-refractivity contribution is 0.0950. The fraction of sp³-hybridized carbons (Fsp3) is 0.176. The number of aromatic nitrogens is 3. The summed E-state index contributed by atoms with van der Waals surface area (Å²) in [6.45, 7) is 1.75. The van der Waals surface area contributed by atoms with E-state index in [1.165, 1.54) is 49.8 Å². The molecule has 2 heterocycles. The van der Waals surface area contributed by atoms with E-state index in [1.807, 2.05) is 0 Å². The lowest BCUT2D eigenvalue weighted by Gasteiger charge is -2.08. The predicted octanol–water partition coefficient (Wildman–Crippen LogP) is 1.51. The Morgan fingerprint density at radius 1 is 1.25 bits per heavy atom. The van der Waals surface area contributed by atoms with Crippen LogP contribution in [0.1, 0.15) is 21.8 Å². The van der Waals surface area contributed by atoms with Crippen LogP contribution in [0.15, 0.2) is 52.1 Å². The van der Waals surface area contributed by atoms with Crippen LogP contribution in [0.25, 0.3) is 0 Å². The first-order valence-electron chi connectivity index (χ1n) is 8.07. The predicted molar refractivity (Wildman–Crippen MR) is 98.2 cm³/mol. The Morgan fingerprint density at radius 2 is 2.07 bits per heavy atom. The molecule has 0 bridgehead atoms. The molecule has 11 heteroatoms. The Morgan fingerprint density at radius 3 is 2.79 bits per heavy atom. The van der Waals surface area contributed by atoms with Crippen LogP contribution in [0.3, 0.4) is 0 Å². The maximum Gasteiger partial charge on any atom is 0.263 e. The highest BCUT2D eigenvalue weighted by Gasteiger charge is 2.18. The number of methoxy groups -OCH3 is 1. The SMILES string of the molecule is COc1cncc(CNC(=O)c2cccc(S(=O)(=O)Nc3cc(C)on3)c2)n1. The minimum absolute atomic E-state index is 0.0592. The van der Waals surface area contributed by atoms with Crippen molar-refractivity contribution < 1.29 is 22.5 Å². The van der Waals surface area contributed by atoms with Crippen molar-refractivity contribution in [1.82, 2.24) is 20.4 Å². The first-order chi connectivity index (χ1) is 13.4. The number of ether oxygens (including phenoxy) is 1. The number of carbonyl (C=O) groups is 1. The van der Waals surface area contributed by atoms with Gasteiger partial charge < -0.3 is 14.6 Å². The average molecular weight is 403 g/mol. The van der Waals surface area contributed by atoms with E-state index in [2.05, 4.69) is 25.2 Å². The van der Waals surface area contributed by atoms with Crippen molar-refractivity contribution in [2.45, 2.75) is 18.4 Å². The molecule has 0 saturated carbocycles. The standard InChI is InChI=1S/C17H17N5O5S/c1-11-6-15(21-27-11)22-28(24,25)14-5-3-4-12(7-14)17(23)19-9-13-8-18-10-16(20-13)26-2/h3-8,10H,9H2,1-2H3,(H,19,23)(H,21,22). The zero-order valence-electron chi connectivity index (χ0n) is 15.0. The van der Waals surface area contributed by atoms with Gasteiger partial charge in [0.1, 0.15) is 5.76 Å². The van der Waals surface area contributed by atoms with Crippen molar-refractivity contribution in [3.63, 3.8) is 0 Å². The Labute approximate surface area is 161 Å². The van der Waals surface area contributed by atoms with Crippen molar-refractivity contribution in [3.05, 3.63) is 59.7 Å². The number of sulfonamides is 1. The Kier molecular flexibility index (Phi) is 5.54. The van der Waals surface area contributed by atoms with Crippen LogP contribution in [0, 0.1) is 6.92 Å². The molecule has 146 valence electrons. The normalized spacial score (nSPS) is 11.1. The number of nitrogens with zero attached hydrogens (tertiary/aromatic N) is 3. The smallest absolute Gasteiger partial charge is 0.263 e. The van der Waals surface area contributed by atoms with Gasteiger partial charge in [0.2, 0.25) is 5.88 Å². The summed E-state index contributed by atoms with van der Waals surface area (Å²) >= 11 is 0. The topological polar surface area (TPSA) is 136 Å². The molecule has 3 rings (SSSR count). The van der Waals surface area contributed by atoms with Gasteiger partial charge in [-0.05, 0) is 25.1 Å². The summed E-state index contributed by atoms with van der Waals surface area (Å²) in [5.41, 5.74) is 0.676. The van der Waals surface area contributed by atoms with E-state index in [-0.39, 0.29) is 22.8 Å². The molecule has 0 aliphatic heterocycles. The summed E-state index contributed by atoms with van der Waals surface area (Å²) in [4.78, 5) is 20.4. The molecule has 0 aliphatic carbocycles. The van der Waals surface area contributed by atoms with Gasteiger partial charge >= 0.3 is 0 Å². The molecule has 0 fully saturated rings. The molecule has 0 spiro atoms. The maximum atomic E-state index is 12.5. The third-order valence-corrected chi connectivity index (χ3v) is 4.93. The summed E-state index contributed by atoms with van der Waals surface area (Å²) < 4.78 is 37.1. The molecule has 0 radical (unpaired) electrons. The van der Waals surface area contributed by atoms with Crippen molar-refractivity contribution in [1.29, 1.82) is 0 Å². The Hall–Kier alpha value is -3.47. The summed E-state index contributed by atoms with van der Waals surface area (Å²) in [5.74, 6) is 0.392. The van der Waals surface area contributed by atoms with Crippen LogP contribution in [0.5, 0.6) is 5.88 Å². The lowest BCUT2D eigenvalue weighted by Crippen LogP contribution is -2.24. The van der Waals surface area contributed by atoms with E-state index in [4.69, 9.17) is 9.26 Å². The van der Waals surface area contributed by atoms with Crippen LogP contribution in [-0.4, -0.2) is 36.6 Å². The van der Waals surface area contributed by atoms with Gasteiger partial charge in [-0.3, -0.25) is 14.5 Å². The van der Waals surface area contributed by atoms with Gasteiger partial charge in [-0.2, -0.15) is 0 Å². The summed E-state index contributed by atoms with van der Waals surface area (Å²) in [6, 6.07) is 7.07. The van der Waals surface area contributed by atoms with E-state index in [9.17, 15) is 13.2 Å². The molecule has 0 aliphatic rings. The number of aryl methyl sites for hydroxylation is 1. The van der Waals surface area contributed by atoms with E-state index in [0.29, 0.717) is 17.3 Å². The summed E-state index contributed by atoms with van der Waals surface area (Å²) in [7, 11) is -2.46. The molecule has 0 atom stereocenters. The Bertz CT molecular complexity index is 1100. The second-order valence-corrected chi connectivity index (χ2v) is 7.37. The highest BCUT2D eigenvalue weighted by Crippen LogP contribution is 2.17. The minimum atomic E-state index is -3.92. The number of benzene rings is 1. The quantitative estimate of drug-likeness (QED) is 0.606. The molecular weight excluding hydrogens is 386 g/mol. The zero-order chi connectivity index (χ0) is 20.1. The van der Waals surface area contributed by atoms with Crippen LogP contribution < -0.4 is 14.8 Å². The number of rotatable bonds is 7. The third-order valence-electron chi connectivity index (χ3n) is 3.57. The number of anilines is 1. The fourth-order valence-electron chi connectivity index (χ4n) is 2.26. The Balaban J connectivity index is 1.72. The molecule has 10 nitrogen and oxygen atoms in total. The van der Waals surface area contributed by atoms with Gasteiger partial charge in [-0.15, -0.1) is 0 Å². The van der Waals surface area contributed by atoms with E-state index >= 15 is 0 Å². The van der Waals surface area contributed by atoms with Gasteiger partial charge in [0.05, 0.1) is 36.6 Å². The highest BCUT2D eigenvalue weighted by atomic mass is 32.2. The van der Waals surface area contributed by atoms with Gasteiger partial charge in [0.15, 0.2) is 5.82 Å². The monoisotopic (exact) mass is 403 g/mol. The molecule has 2 N–H and O–H groups in total. The largest absolute Gasteiger partial charge is 0.480 e. The van der Waals surface area contributed by atoms with Crippen LogP contribution >= 0.6 is 0 Å². The van der Waals surface area contributed by atoms with Gasteiger partial charge in [-0.25, -0.2) is 13.4 Å². The van der Waals surface area contributed by atoms with Crippen LogP contribution in [-0.2, 0) is 16.6 Å². The second-order valence-electron chi connectivity index (χ2n) is 5.69. The molecule has 1 aromatic carbocycles. The number of hydrogen-bond acceptors (Lipinski definition) is 8. The van der Waals surface area contributed by atoms with E-state index < -0.39 is 15.9 Å². The maximum absolute atomic E-state index is 12.5. The minimum Gasteiger partial charge on any atom is -0.480 e. The fourth-order valence-corrected chi connectivity index (χ4v) is 3.29. The van der Waals surface area contributed by atoms with Crippen LogP contribution in [0.4, 0.5) is 5.82 Å². The molecule has 0 unspecified atom stereocenters. The van der Waals surface area contributed by atoms with Gasteiger partial charge in [-0.1, -0.05) is 11.2 Å². The average Bonchev–Trinajstić information content (AvgIpc) is 3.10. The van der Waals surface area contributed by atoms with Crippen molar-refractivity contribution in [3.8, 4) is 5.88 Å². The summed E-state index contributed by atoms with van der Waals surface area (Å²) in [6.07, 6.45) is 2.94. The van der Waals surface area contributed by atoms with Gasteiger partial charge in [0, 0.05) is 11.6 Å². The summed E-state index contributed by atoms with van der Waals surface area (Å²) in [5, 5.41) is 6.25. The van der Waals surface area contributed by atoms with Crippen molar-refractivity contribution >= 4 is 21.7 Å². The first kappa shape index (κ1) is 19.3. The highest BCUT2D eigenvalue weighted by molar-refractivity contribution is 7.92. The van der Waals surface area contributed by atoms with E-state index in [0.717, 1.165) is 0 Å². The molecule has 3 aromatic rings. The molecule has 1 amide bonds. The number of hydrogen-bond donors (Lipinski definition) is 2. The van der Waals surface area contributed by atoms with Crippen molar-refractivity contribution in [2.75, 3.05) is 11.8 Å². The van der Waals surface area contributed by atoms with E-state index in [1.54, 1.807) is 6.92 Å². The molecule has 2 aromatic heterocycles. The number of amides is 1. The number of nitrogens with one attached hydrogen (secondary N) is 2. The first-order valence-corrected chi connectivity index (χ1v) is 9.55. The zero-order valence-corrected chi connectivity index (χ0v) is 15.9. The van der Waals surface area contributed by atoms with Gasteiger partial charge in [0.25, 0.3) is 15.9 Å². The second kappa shape index (κ2) is 8.05. The van der Waals surface area contributed by atoms with Crippen molar-refractivity contribution in [2.24, 2.45) is 0 Å². The van der Waals surface area contributed by atoms with Crippen LogP contribution in [0.2, 0.25) is 0 Å². The molecule has 0 saturated heterocycles. The third kappa shape index (κ3) is 4.62. The number of carbonyl (C=O) groups excluding carboxylic acids is 1. The molecule has 28 heavy (non-hydrogen) atoms.